The highest BCUT2D eigenvalue weighted by atomic mass is 16.5. The smallest absolute Gasteiger partial charge is 0.271 e. The maximum absolute atomic E-state index is 11.8. The number of carbonyl (C=O) groups is 1. The molecule has 0 aliphatic heterocycles. The maximum Gasteiger partial charge on any atom is 0.271 e. The molecule has 0 saturated heterocycles. The van der Waals surface area contributed by atoms with Crippen molar-refractivity contribution in [1.82, 2.24) is 5.43 Å². The molecule has 1 amide bonds. The van der Waals surface area contributed by atoms with Crippen LogP contribution in [0.25, 0.3) is 0 Å². The van der Waals surface area contributed by atoms with Crippen molar-refractivity contribution in [3.8, 4) is 5.75 Å². The van der Waals surface area contributed by atoms with Crippen LogP contribution < -0.4 is 15.9 Å². The fraction of sp³-hybridized carbons (Fsp3) is 0.0769. The second-order valence-electron chi connectivity index (χ2n) is 3.64. The zero-order chi connectivity index (χ0) is 13.7. The summed E-state index contributed by atoms with van der Waals surface area (Å²) < 4.78 is 10.0. The fourth-order valence-electron chi connectivity index (χ4n) is 1.40. The lowest BCUT2D eigenvalue weighted by atomic mass is 10.2. The van der Waals surface area contributed by atoms with Gasteiger partial charge >= 0.3 is 0 Å². The molecule has 0 spiro atoms. The zero-order valence-electron chi connectivity index (χ0n) is 10.3. The highest BCUT2D eigenvalue weighted by Gasteiger charge is 2.06. The average molecular weight is 259 g/mol. The average Bonchev–Trinajstić information content (AvgIpc) is 2.98. The first kappa shape index (κ1) is 12.7. The summed E-state index contributed by atoms with van der Waals surface area (Å²) in [5, 5.41) is 3.76. The molecule has 0 aliphatic carbocycles. The summed E-state index contributed by atoms with van der Waals surface area (Å²) in [7, 11) is 1.56. The molecular formula is C13H13N3O3. The van der Waals surface area contributed by atoms with Gasteiger partial charge in [-0.15, -0.1) is 0 Å². The number of carbonyl (C=O) groups excluding carboxylic acids is 1. The van der Waals surface area contributed by atoms with Crippen molar-refractivity contribution < 1.29 is 13.9 Å². The van der Waals surface area contributed by atoms with E-state index < -0.39 is 0 Å². The van der Waals surface area contributed by atoms with Crippen LogP contribution in [0.1, 0.15) is 16.1 Å². The Kier molecular flexibility index (Phi) is 3.82. The lowest BCUT2D eigenvalue weighted by Crippen LogP contribution is -2.23. The zero-order valence-corrected chi connectivity index (χ0v) is 10.3. The Morgan fingerprint density at radius 3 is 2.63 bits per heavy atom. The number of furan rings is 1. The van der Waals surface area contributed by atoms with Crippen LogP contribution in [0.15, 0.2) is 52.2 Å². The third-order valence-corrected chi connectivity index (χ3v) is 2.40. The number of amides is 1. The summed E-state index contributed by atoms with van der Waals surface area (Å²) in [5.41, 5.74) is 8.44. The van der Waals surface area contributed by atoms with Gasteiger partial charge in [0.25, 0.3) is 5.91 Å². The second kappa shape index (κ2) is 5.72. The van der Waals surface area contributed by atoms with Crippen LogP contribution in [-0.2, 0) is 0 Å². The number of nitrogens with two attached hydrogens (primary N) is 1. The van der Waals surface area contributed by atoms with Crippen LogP contribution in [0.2, 0.25) is 0 Å². The van der Waals surface area contributed by atoms with E-state index in [1.807, 2.05) is 0 Å². The third-order valence-electron chi connectivity index (χ3n) is 2.40. The Morgan fingerprint density at radius 1 is 1.32 bits per heavy atom. The first-order valence-corrected chi connectivity index (χ1v) is 5.52. The van der Waals surface area contributed by atoms with E-state index in [1.165, 1.54) is 6.26 Å². The predicted octanol–water partition coefficient (Wildman–Crippen LogP) is 1.34. The summed E-state index contributed by atoms with van der Waals surface area (Å²) in [4.78, 5) is 11.8. The van der Waals surface area contributed by atoms with Crippen molar-refractivity contribution in [1.29, 1.82) is 0 Å². The molecule has 0 radical (unpaired) electrons. The van der Waals surface area contributed by atoms with E-state index in [-0.39, 0.29) is 11.7 Å². The standard InChI is InChI=1S/C13H13N3O3/c1-18-10-6-4-9(5-7-10)13(17)16-15-12(14)11-3-2-8-19-11/h2-8H,1H3,(H2,14,15)(H,16,17). The van der Waals surface area contributed by atoms with Gasteiger partial charge in [0.2, 0.25) is 0 Å². The van der Waals surface area contributed by atoms with Crippen molar-refractivity contribution in [3.05, 3.63) is 54.0 Å². The fourth-order valence-corrected chi connectivity index (χ4v) is 1.40. The van der Waals surface area contributed by atoms with Crippen molar-refractivity contribution >= 4 is 11.7 Å². The van der Waals surface area contributed by atoms with Gasteiger partial charge in [-0.2, -0.15) is 5.10 Å². The van der Waals surface area contributed by atoms with E-state index in [0.717, 1.165) is 0 Å². The van der Waals surface area contributed by atoms with Gasteiger partial charge < -0.3 is 14.9 Å². The van der Waals surface area contributed by atoms with Crippen LogP contribution in [0.5, 0.6) is 5.75 Å². The summed E-state index contributed by atoms with van der Waals surface area (Å²) in [6.07, 6.45) is 1.48. The van der Waals surface area contributed by atoms with Crippen LogP contribution in [-0.4, -0.2) is 18.9 Å². The number of hydrogen-bond donors (Lipinski definition) is 2. The van der Waals surface area contributed by atoms with Crippen LogP contribution in [0.3, 0.4) is 0 Å². The van der Waals surface area contributed by atoms with Gasteiger partial charge in [-0.25, -0.2) is 5.43 Å². The molecule has 0 aliphatic rings. The Labute approximate surface area is 109 Å². The molecule has 6 nitrogen and oxygen atoms in total. The molecule has 0 atom stereocenters. The normalized spacial score (nSPS) is 11.1. The molecule has 1 aromatic carbocycles. The number of nitrogens with zero attached hydrogens (tertiary/aromatic N) is 1. The van der Waals surface area contributed by atoms with Crippen molar-refractivity contribution in [3.63, 3.8) is 0 Å². The summed E-state index contributed by atoms with van der Waals surface area (Å²) >= 11 is 0. The number of methoxy groups -OCH3 is 1. The molecule has 1 heterocycles. The van der Waals surface area contributed by atoms with E-state index in [0.29, 0.717) is 17.1 Å². The molecular weight excluding hydrogens is 246 g/mol. The Morgan fingerprint density at radius 2 is 2.05 bits per heavy atom. The molecule has 0 unspecified atom stereocenters. The van der Waals surface area contributed by atoms with E-state index in [9.17, 15) is 4.79 Å². The van der Waals surface area contributed by atoms with Crippen LogP contribution in [0, 0.1) is 0 Å². The number of ether oxygens (including phenoxy) is 1. The van der Waals surface area contributed by atoms with Gasteiger partial charge in [0, 0.05) is 5.56 Å². The lowest BCUT2D eigenvalue weighted by Gasteiger charge is -2.02. The molecule has 3 N–H and O–H groups in total. The Balaban J connectivity index is 2.02. The molecule has 98 valence electrons. The quantitative estimate of drug-likeness (QED) is 0.492. The number of rotatable bonds is 4. The SMILES string of the molecule is COc1ccc(C(=O)N/N=C(/N)c2ccco2)cc1. The maximum atomic E-state index is 11.8. The van der Waals surface area contributed by atoms with E-state index in [1.54, 1.807) is 43.5 Å². The first-order chi connectivity index (χ1) is 9.20. The minimum Gasteiger partial charge on any atom is -0.497 e. The minimum absolute atomic E-state index is 0.104. The van der Waals surface area contributed by atoms with Gasteiger partial charge in [-0.3, -0.25) is 4.79 Å². The van der Waals surface area contributed by atoms with Gasteiger partial charge in [0.1, 0.15) is 5.75 Å². The van der Waals surface area contributed by atoms with Crippen LogP contribution >= 0.6 is 0 Å². The minimum atomic E-state index is -0.364. The second-order valence-corrected chi connectivity index (χ2v) is 3.64. The number of amidine groups is 1. The molecule has 0 saturated carbocycles. The number of hydrogen-bond acceptors (Lipinski definition) is 4. The van der Waals surface area contributed by atoms with Crippen molar-refractivity contribution in [2.75, 3.05) is 7.11 Å². The summed E-state index contributed by atoms with van der Waals surface area (Å²) in [6.45, 7) is 0. The molecule has 2 rings (SSSR count). The highest BCUT2D eigenvalue weighted by Crippen LogP contribution is 2.11. The topological polar surface area (TPSA) is 89.8 Å². The molecule has 0 fully saturated rings. The monoisotopic (exact) mass is 259 g/mol. The lowest BCUT2D eigenvalue weighted by molar-refractivity contribution is 0.0954. The Bertz CT molecular complexity index is 574. The van der Waals surface area contributed by atoms with Crippen molar-refractivity contribution in [2.45, 2.75) is 0 Å². The number of nitrogens with one attached hydrogen (secondary N) is 1. The van der Waals surface area contributed by atoms with Gasteiger partial charge in [-0.1, -0.05) is 0 Å². The first-order valence-electron chi connectivity index (χ1n) is 5.52. The highest BCUT2D eigenvalue weighted by molar-refractivity contribution is 5.98. The molecule has 2 aromatic rings. The number of benzene rings is 1. The van der Waals surface area contributed by atoms with E-state index in [4.69, 9.17) is 14.9 Å². The number of hydrazone groups is 1. The van der Waals surface area contributed by atoms with E-state index in [2.05, 4.69) is 10.5 Å². The molecule has 6 heteroatoms. The third kappa shape index (κ3) is 3.12. The van der Waals surface area contributed by atoms with Gasteiger partial charge in [0.05, 0.1) is 13.4 Å². The van der Waals surface area contributed by atoms with Gasteiger partial charge in [0.15, 0.2) is 11.6 Å². The predicted molar refractivity (Wildman–Crippen MR) is 69.9 cm³/mol. The van der Waals surface area contributed by atoms with E-state index >= 15 is 0 Å². The summed E-state index contributed by atoms with van der Waals surface area (Å²) in [5.74, 6) is 0.814. The largest absolute Gasteiger partial charge is 0.497 e. The van der Waals surface area contributed by atoms with Crippen LogP contribution in [0.4, 0.5) is 0 Å². The Hall–Kier alpha value is -2.76. The summed E-state index contributed by atoms with van der Waals surface area (Å²) in [6, 6.07) is 9.98. The molecule has 1 aromatic heterocycles. The molecule has 19 heavy (non-hydrogen) atoms. The molecule has 0 bridgehead atoms. The van der Waals surface area contributed by atoms with Crippen molar-refractivity contribution in [2.24, 2.45) is 10.8 Å². The van der Waals surface area contributed by atoms with Gasteiger partial charge in [-0.05, 0) is 36.4 Å².